The van der Waals surface area contributed by atoms with Crippen molar-refractivity contribution in [1.29, 1.82) is 0 Å². The van der Waals surface area contributed by atoms with Gasteiger partial charge in [0.2, 0.25) is 0 Å². The second kappa shape index (κ2) is 7.75. The maximum Gasteiger partial charge on any atom is 0.274 e. The molecule has 1 aliphatic rings. The van der Waals surface area contributed by atoms with Gasteiger partial charge in [0.05, 0.1) is 28.9 Å². The molecule has 0 aliphatic carbocycles. The van der Waals surface area contributed by atoms with E-state index in [0.29, 0.717) is 18.8 Å². The van der Waals surface area contributed by atoms with Gasteiger partial charge >= 0.3 is 0 Å². The van der Waals surface area contributed by atoms with E-state index in [1.807, 2.05) is 48.4 Å². The average molecular weight is 391 g/mol. The van der Waals surface area contributed by atoms with Gasteiger partial charge in [-0.1, -0.05) is 6.07 Å². The molecule has 7 nitrogen and oxygen atoms in total. The first-order valence-corrected chi connectivity index (χ1v) is 9.77. The Labute approximate surface area is 170 Å². The zero-order valence-electron chi connectivity index (χ0n) is 17.0. The van der Waals surface area contributed by atoms with Gasteiger partial charge < -0.3 is 9.64 Å². The molecule has 1 aliphatic heterocycles. The van der Waals surface area contributed by atoms with Crippen LogP contribution in [0, 0.1) is 6.92 Å². The number of aryl methyl sites for hydroxylation is 1. The Hall–Kier alpha value is -3.06. The molecule has 0 saturated carbocycles. The minimum absolute atomic E-state index is 0.0702. The van der Waals surface area contributed by atoms with Crippen molar-refractivity contribution in [3.8, 4) is 17.1 Å². The summed E-state index contributed by atoms with van der Waals surface area (Å²) in [5, 5.41) is 4.63. The molecule has 0 radical (unpaired) electrons. The molecule has 0 spiro atoms. The lowest BCUT2D eigenvalue weighted by atomic mass is 9.93. The number of amides is 1. The molecule has 4 heterocycles. The van der Waals surface area contributed by atoms with Crippen LogP contribution in [0.3, 0.4) is 0 Å². The molecule has 4 rings (SSSR count). The molecule has 1 saturated heterocycles. The SMILES string of the molecule is COC1(C)CCN(C(=O)c2cc(-c3ccc(C)cn3)n(-c3cccnc3)n2)CC1. The largest absolute Gasteiger partial charge is 0.378 e. The summed E-state index contributed by atoms with van der Waals surface area (Å²) in [5.41, 5.74) is 3.63. The third-order valence-corrected chi connectivity index (χ3v) is 5.59. The summed E-state index contributed by atoms with van der Waals surface area (Å²) in [6.45, 7) is 5.39. The van der Waals surface area contributed by atoms with Crippen molar-refractivity contribution in [2.45, 2.75) is 32.3 Å². The van der Waals surface area contributed by atoms with Crippen molar-refractivity contribution >= 4 is 5.91 Å². The van der Waals surface area contributed by atoms with E-state index in [9.17, 15) is 4.79 Å². The maximum absolute atomic E-state index is 13.2. The summed E-state index contributed by atoms with van der Waals surface area (Å²) >= 11 is 0. The first-order valence-electron chi connectivity index (χ1n) is 9.77. The fourth-order valence-corrected chi connectivity index (χ4v) is 3.51. The molecule has 0 atom stereocenters. The van der Waals surface area contributed by atoms with Gasteiger partial charge in [0, 0.05) is 32.6 Å². The topological polar surface area (TPSA) is 73.1 Å². The van der Waals surface area contributed by atoms with Crippen LogP contribution < -0.4 is 0 Å². The zero-order chi connectivity index (χ0) is 20.4. The van der Waals surface area contributed by atoms with Crippen LogP contribution >= 0.6 is 0 Å². The molecule has 0 N–H and O–H groups in total. The van der Waals surface area contributed by atoms with E-state index in [1.54, 1.807) is 24.2 Å². The second-order valence-electron chi connectivity index (χ2n) is 7.70. The number of piperidine rings is 1. The summed E-state index contributed by atoms with van der Waals surface area (Å²) in [6.07, 6.45) is 6.87. The summed E-state index contributed by atoms with van der Waals surface area (Å²) in [6, 6.07) is 9.52. The fraction of sp³-hybridized carbons (Fsp3) is 0.364. The molecule has 29 heavy (non-hydrogen) atoms. The first kappa shape index (κ1) is 19.3. The molecular formula is C22H25N5O2. The number of carbonyl (C=O) groups excluding carboxylic acids is 1. The van der Waals surface area contributed by atoms with E-state index in [2.05, 4.69) is 22.0 Å². The molecule has 0 bridgehead atoms. The van der Waals surface area contributed by atoms with Crippen molar-refractivity contribution in [3.63, 3.8) is 0 Å². The number of hydrogen-bond acceptors (Lipinski definition) is 5. The molecule has 3 aromatic rings. The van der Waals surface area contributed by atoms with Gasteiger partial charge in [-0.2, -0.15) is 5.10 Å². The Morgan fingerprint density at radius 3 is 2.59 bits per heavy atom. The number of nitrogens with zero attached hydrogens (tertiary/aromatic N) is 5. The van der Waals surface area contributed by atoms with Gasteiger partial charge in [0.15, 0.2) is 5.69 Å². The van der Waals surface area contributed by atoms with Crippen LogP contribution in [0.4, 0.5) is 0 Å². The number of aromatic nitrogens is 4. The molecular weight excluding hydrogens is 366 g/mol. The third kappa shape index (κ3) is 3.91. The lowest BCUT2D eigenvalue weighted by Gasteiger charge is -2.38. The highest BCUT2D eigenvalue weighted by atomic mass is 16.5. The summed E-state index contributed by atoms with van der Waals surface area (Å²) in [4.78, 5) is 23.7. The minimum atomic E-state index is -0.164. The van der Waals surface area contributed by atoms with Crippen molar-refractivity contribution in [2.75, 3.05) is 20.2 Å². The van der Waals surface area contributed by atoms with Crippen LogP contribution in [0.1, 0.15) is 35.8 Å². The van der Waals surface area contributed by atoms with Crippen molar-refractivity contribution in [3.05, 3.63) is 60.2 Å². The van der Waals surface area contributed by atoms with Crippen LogP contribution in [0.25, 0.3) is 17.1 Å². The van der Waals surface area contributed by atoms with Crippen LogP contribution in [0.2, 0.25) is 0 Å². The number of carbonyl (C=O) groups is 1. The molecule has 150 valence electrons. The minimum Gasteiger partial charge on any atom is -0.378 e. The van der Waals surface area contributed by atoms with Gasteiger partial charge in [0.1, 0.15) is 0 Å². The van der Waals surface area contributed by atoms with E-state index in [1.165, 1.54) is 0 Å². The van der Waals surface area contributed by atoms with Crippen LogP contribution in [0.15, 0.2) is 48.9 Å². The normalized spacial score (nSPS) is 16.0. The lowest BCUT2D eigenvalue weighted by Crippen LogP contribution is -2.46. The van der Waals surface area contributed by atoms with Crippen molar-refractivity contribution < 1.29 is 9.53 Å². The number of hydrogen-bond donors (Lipinski definition) is 0. The number of rotatable bonds is 4. The van der Waals surface area contributed by atoms with E-state index >= 15 is 0 Å². The number of likely N-dealkylation sites (tertiary alicyclic amines) is 1. The van der Waals surface area contributed by atoms with Crippen LogP contribution in [-0.4, -0.2) is 56.4 Å². The average Bonchev–Trinajstić information content (AvgIpc) is 3.20. The molecule has 0 aromatic carbocycles. The maximum atomic E-state index is 13.2. The highest BCUT2D eigenvalue weighted by molar-refractivity contribution is 5.93. The molecule has 1 fully saturated rings. The fourth-order valence-electron chi connectivity index (χ4n) is 3.51. The molecule has 0 unspecified atom stereocenters. The number of ether oxygens (including phenoxy) is 1. The van der Waals surface area contributed by atoms with E-state index in [-0.39, 0.29) is 11.5 Å². The Morgan fingerprint density at radius 1 is 1.17 bits per heavy atom. The number of pyridine rings is 2. The summed E-state index contributed by atoms with van der Waals surface area (Å²) in [5.74, 6) is -0.0702. The van der Waals surface area contributed by atoms with Crippen molar-refractivity contribution in [1.82, 2.24) is 24.6 Å². The Morgan fingerprint density at radius 2 is 1.97 bits per heavy atom. The first-order chi connectivity index (χ1) is 14.0. The molecule has 3 aromatic heterocycles. The summed E-state index contributed by atoms with van der Waals surface area (Å²) < 4.78 is 7.33. The van der Waals surface area contributed by atoms with Gasteiger partial charge in [-0.3, -0.25) is 14.8 Å². The molecule has 7 heteroatoms. The van der Waals surface area contributed by atoms with Crippen LogP contribution in [-0.2, 0) is 4.74 Å². The predicted molar refractivity (Wildman–Crippen MR) is 110 cm³/mol. The van der Waals surface area contributed by atoms with Gasteiger partial charge in [0.25, 0.3) is 5.91 Å². The Bertz CT molecular complexity index is 990. The number of methoxy groups -OCH3 is 1. The van der Waals surface area contributed by atoms with Gasteiger partial charge in [-0.05, 0) is 56.5 Å². The smallest absolute Gasteiger partial charge is 0.274 e. The van der Waals surface area contributed by atoms with E-state index < -0.39 is 0 Å². The zero-order valence-corrected chi connectivity index (χ0v) is 17.0. The van der Waals surface area contributed by atoms with E-state index in [0.717, 1.165) is 35.5 Å². The second-order valence-corrected chi connectivity index (χ2v) is 7.70. The standard InChI is InChI=1S/C22H25N5O2/c1-16-6-7-18(24-14-16)20-13-19(25-27(20)17-5-4-10-23-15-17)21(28)26-11-8-22(2,29-3)9-12-26/h4-7,10,13-15H,8-9,11-12H2,1-3H3. The molecule has 1 amide bonds. The van der Waals surface area contributed by atoms with Crippen LogP contribution in [0.5, 0.6) is 0 Å². The predicted octanol–water partition coefficient (Wildman–Crippen LogP) is 3.28. The van der Waals surface area contributed by atoms with Crippen molar-refractivity contribution in [2.24, 2.45) is 0 Å². The van der Waals surface area contributed by atoms with Gasteiger partial charge in [-0.15, -0.1) is 0 Å². The lowest BCUT2D eigenvalue weighted by molar-refractivity contribution is -0.0380. The Kier molecular flexibility index (Phi) is 5.15. The van der Waals surface area contributed by atoms with E-state index in [4.69, 9.17) is 4.74 Å². The quantitative estimate of drug-likeness (QED) is 0.682. The Balaban J connectivity index is 1.68. The third-order valence-electron chi connectivity index (χ3n) is 5.59. The van der Waals surface area contributed by atoms with Gasteiger partial charge in [-0.25, -0.2) is 4.68 Å². The highest BCUT2D eigenvalue weighted by Gasteiger charge is 2.33. The summed E-state index contributed by atoms with van der Waals surface area (Å²) in [7, 11) is 1.73. The monoisotopic (exact) mass is 391 g/mol. The highest BCUT2D eigenvalue weighted by Crippen LogP contribution is 2.27.